The highest BCUT2D eigenvalue weighted by Gasteiger charge is 2.46. The van der Waals surface area contributed by atoms with E-state index in [1.165, 1.54) is 75.5 Å². The van der Waals surface area contributed by atoms with Gasteiger partial charge >= 0.3 is 5.97 Å². The van der Waals surface area contributed by atoms with E-state index in [1.807, 2.05) is 32.0 Å². The second kappa shape index (κ2) is 47.6. The zero-order chi connectivity index (χ0) is 92.3. The number of amides is 15. The molecular formula is C85H118N18O21S2. The quantitative estimate of drug-likeness (QED) is 0.0354. The maximum absolute atomic E-state index is 15.6. The lowest BCUT2D eigenvalue weighted by atomic mass is 9.90. The number of carbonyl (C=O) groups excluding carboxylic acids is 16. The number of nitrogens with zero attached hydrogens (tertiary/aromatic N) is 5. The van der Waals surface area contributed by atoms with Gasteiger partial charge in [-0.1, -0.05) is 88.1 Å². The van der Waals surface area contributed by atoms with Crippen molar-refractivity contribution in [1.29, 1.82) is 0 Å². The number of Topliss-reactive ketones (excluding diaryl/α,β-unsaturated/α-hetero) is 1. The molecule has 3 saturated heterocycles. The fourth-order valence-corrected chi connectivity index (χ4v) is 17.4. The molecule has 0 spiro atoms. The Bertz CT molecular complexity index is 4740. The minimum Gasteiger partial charge on any atom is -0.508 e. The van der Waals surface area contributed by atoms with Gasteiger partial charge in [-0.3, -0.25) is 81.5 Å². The van der Waals surface area contributed by atoms with Crippen molar-refractivity contribution >= 4 is 144 Å². The van der Waals surface area contributed by atoms with Crippen LogP contribution in [0.1, 0.15) is 128 Å². The van der Waals surface area contributed by atoms with Gasteiger partial charge in [-0.25, -0.2) is 0 Å². The Morgan fingerprint density at radius 1 is 0.587 bits per heavy atom. The molecule has 0 unspecified atom stereocenters. The number of likely N-dealkylation sites (N-methyl/N-ethyl adjacent to an activating group) is 3. The Hall–Kier alpha value is -11.7. The summed E-state index contributed by atoms with van der Waals surface area (Å²) in [5.41, 5.74) is 19.7. The summed E-state index contributed by atoms with van der Waals surface area (Å²) in [5.74, 6) is -18.8. The van der Waals surface area contributed by atoms with Crippen LogP contribution in [0.3, 0.4) is 0 Å². The van der Waals surface area contributed by atoms with E-state index in [0.29, 0.717) is 53.3 Å². The number of hydrogen-bond acceptors (Lipinski definition) is 24. The molecule has 0 radical (unpaired) electrons. The van der Waals surface area contributed by atoms with Crippen molar-refractivity contribution in [2.45, 2.75) is 215 Å². The first kappa shape index (κ1) is 99.8. The molecule has 3 fully saturated rings. The van der Waals surface area contributed by atoms with Crippen LogP contribution in [0.15, 0.2) is 84.4 Å². The van der Waals surface area contributed by atoms with Crippen LogP contribution in [-0.4, -0.2) is 307 Å². The number of hydrogen-bond donors (Lipinski definition) is 17. The molecule has 15 atom stereocenters. The molecule has 15 amide bonds. The van der Waals surface area contributed by atoms with E-state index in [2.05, 4.69) is 52.8 Å². The first-order valence-electron chi connectivity index (χ1n) is 42.2. The summed E-state index contributed by atoms with van der Waals surface area (Å²) >= 11 is 2.13. The van der Waals surface area contributed by atoms with Crippen molar-refractivity contribution in [2.75, 3.05) is 72.0 Å². The highest BCUT2D eigenvalue weighted by atomic mass is 32.2. The van der Waals surface area contributed by atoms with Crippen molar-refractivity contribution in [3.8, 4) is 5.75 Å². The molecule has 20 N–H and O–H groups in total. The van der Waals surface area contributed by atoms with E-state index in [4.69, 9.17) is 17.2 Å². The molecule has 3 aliphatic rings. The van der Waals surface area contributed by atoms with E-state index in [1.54, 1.807) is 41.9 Å². The number of aromatic hydroxyl groups is 1. The number of carboxylic acid groups (broad SMARTS) is 1. The maximum atomic E-state index is 15.6. The molecule has 5 heterocycles. The first-order valence-corrected chi connectivity index (χ1v) is 44.2. The average Bonchev–Trinajstić information content (AvgIpc) is 1.55. The number of ketones is 1. The van der Waals surface area contributed by atoms with Crippen LogP contribution in [0.25, 0.3) is 21.0 Å². The lowest BCUT2D eigenvalue weighted by Crippen LogP contribution is -2.61. The van der Waals surface area contributed by atoms with Gasteiger partial charge in [0.1, 0.15) is 78.3 Å². The number of phenolic OH excluding ortho intramolecular Hbond substituents is 1. The van der Waals surface area contributed by atoms with Crippen LogP contribution >= 0.6 is 23.1 Å². The molecule has 41 heteroatoms. The summed E-state index contributed by atoms with van der Waals surface area (Å²) in [6.45, 7) is 3.28. The van der Waals surface area contributed by atoms with E-state index in [-0.39, 0.29) is 83.0 Å². The molecule has 0 bridgehead atoms. The van der Waals surface area contributed by atoms with Crippen LogP contribution in [0, 0.1) is 5.92 Å². The van der Waals surface area contributed by atoms with E-state index >= 15 is 28.8 Å². The molecule has 0 saturated carbocycles. The van der Waals surface area contributed by atoms with Gasteiger partial charge in [-0.15, -0.1) is 23.1 Å². The number of benzene rings is 3. The standard InChI is InChI=1S/C85H118N18O21S2/c1-8-10-22-64-79(118)93-57(21-16-30-86)76(115)98-63(75(114)90-40-70(88)108)44-125-45-71(109)92-58(32-48-26-28-52(105)29-27-48)82(121)99(5)47(4)73(112)94-60(37-72(110)111)84(123)102-31-17-24-65(102)80(119)96-61(38-87)77(116)91-46(3)81(120)103-41-53(106)36-67(103)68(107)35-49(33-50-39-89-56-20-14-12-18-54(50)56)74(113)97-62(42-104)78(117)95-59(34-51-43-126-69-25-15-13-19-55(51)69)83(122)101(7)66(23-11-9-2)85(124)100(64)6/h12-15,18-20,25-29,39,43,46-47,49,53,57-67,89,104-106H,8-11,16-17,21-24,30-38,40-42,44-45,86-87H2,1-7H3,(H2,88,108)(H,90,114)(H,91,116)(H,92,109)(H,93,118)(H,94,112)(H,95,117)(H,96,119)(H,97,113)(H,98,115)(H,110,111)/t46-,47-,49+,53+,57-,58-,59-,60-,61-,62-,63-,64-,65-,66-,67-/m0/s1. The van der Waals surface area contributed by atoms with Crippen LogP contribution in [0.5, 0.6) is 5.75 Å². The summed E-state index contributed by atoms with van der Waals surface area (Å²) in [6, 6.07) is -0.0685. The molecule has 686 valence electrons. The van der Waals surface area contributed by atoms with Gasteiger partial charge in [0.05, 0.1) is 37.5 Å². The summed E-state index contributed by atoms with van der Waals surface area (Å²) in [7, 11) is 3.92. The van der Waals surface area contributed by atoms with E-state index in [9.17, 15) is 73.2 Å². The van der Waals surface area contributed by atoms with Crippen LogP contribution in [-0.2, 0) is 101 Å². The Labute approximate surface area is 737 Å². The van der Waals surface area contributed by atoms with E-state index in [0.717, 1.165) is 41.4 Å². The number of unbranched alkanes of at least 4 members (excludes halogenated alkanes) is 2. The SMILES string of the molecule is CCCC[C@H]1C(=O)N(C)[C@@H](CCCC)C(=O)N[C@@H](CCCN)C(=O)N[C@H](C(=O)NCC(N)=O)CSCC(=O)N[C@@H](Cc2ccc(O)cc2)C(=O)N(C)[C@@H](C)C(=O)N[C@@H](CC(=O)O)C(=O)N2CCC[C@H]2C(=O)N[C@@H](CN)C(=O)N[C@@H](C)C(=O)N2C[C@H](O)C[C@H]2C(=O)C[C@@H](Cc2c[nH]c3ccccc23)C(=O)N[C@@H](CO)C(=O)N[C@@H](Cc2csc3ccccc23)C(=O)N1C. The molecule has 126 heavy (non-hydrogen) atoms. The summed E-state index contributed by atoms with van der Waals surface area (Å²) in [5, 5.41) is 68.9. The normalized spacial score (nSPS) is 25.8. The number of aromatic nitrogens is 1. The number of nitrogens with one attached hydrogen (secondary N) is 10. The number of thioether (sulfide) groups is 1. The van der Waals surface area contributed by atoms with Crippen molar-refractivity contribution in [1.82, 2.24) is 77.3 Å². The van der Waals surface area contributed by atoms with Crippen molar-refractivity contribution in [2.24, 2.45) is 23.1 Å². The van der Waals surface area contributed by atoms with Gasteiger partial charge in [0.25, 0.3) is 0 Å². The zero-order valence-electron chi connectivity index (χ0n) is 71.7. The van der Waals surface area contributed by atoms with Gasteiger partial charge in [-0.2, -0.15) is 0 Å². The molecule has 2 aromatic heterocycles. The number of aromatic amines is 1. The third kappa shape index (κ3) is 26.9. The summed E-state index contributed by atoms with van der Waals surface area (Å²) in [4.78, 5) is 254. The largest absolute Gasteiger partial charge is 0.508 e. The second-order valence-electron chi connectivity index (χ2n) is 32.1. The molecule has 3 aliphatic heterocycles. The van der Waals surface area contributed by atoms with Gasteiger partial charge in [0.15, 0.2) is 5.78 Å². The molecule has 3 aromatic carbocycles. The van der Waals surface area contributed by atoms with E-state index < -0.39 is 242 Å². The van der Waals surface area contributed by atoms with Crippen molar-refractivity contribution < 1.29 is 102 Å². The van der Waals surface area contributed by atoms with Crippen LogP contribution in [0.2, 0.25) is 0 Å². The number of thiophene rings is 1. The predicted octanol–water partition coefficient (Wildman–Crippen LogP) is -2.06. The average molecular weight is 1790 g/mol. The third-order valence-electron chi connectivity index (χ3n) is 22.9. The number of nitrogens with two attached hydrogens (primary N) is 3. The van der Waals surface area contributed by atoms with Crippen molar-refractivity contribution in [3.63, 3.8) is 0 Å². The minimum atomic E-state index is -1.88. The molecular weight excluding hydrogens is 1670 g/mol. The fraction of sp³-hybridized carbons (Fsp3) is 0.541. The highest BCUT2D eigenvalue weighted by Crippen LogP contribution is 2.31. The number of fused-ring (bicyclic) bond motifs is 4. The van der Waals surface area contributed by atoms with Crippen LogP contribution in [0.4, 0.5) is 0 Å². The van der Waals surface area contributed by atoms with Gasteiger partial charge < -0.3 is 115 Å². The Morgan fingerprint density at radius 3 is 1.87 bits per heavy atom. The third-order valence-corrected chi connectivity index (χ3v) is 24.9. The minimum absolute atomic E-state index is 0.00490. The molecule has 8 rings (SSSR count). The maximum Gasteiger partial charge on any atom is 0.305 e. The number of aliphatic carboxylic acids is 1. The number of carboxylic acids is 1. The highest BCUT2D eigenvalue weighted by molar-refractivity contribution is 8.00. The number of carbonyl (C=O) groups is 17. The molecule has 5 aromatic rings. The number of para-hydroxylation sites is 1. The number of primary amides is 1. The van der Waals surface area contributed by atoms with Crippen LogP contribution < -0.4 is 65.1 Å². The van der Waals surface area contributed by atoms with Gasteiger partial charge in [0.2, 0.25) is 88.6 Å². The predicted molar refractivity (Wildman–Crippen MR) is 465 cm³/mol. The zero-order valence-corrected chi connectivity index (χ0v) is 73.4. The molecule has 0 aliphatic carbocycles. The Balaban J connectivity index is 1.16. The van der Waals surface area contributed by atoms with Crippen molar-refractivity contribution in [3.05, 3.63) is 101 Å². The lowest BCUT2D eigenvalue weighted by Gasteiger charge is -2.36. The lowest BCUT2D eigenvalue weighted by molar-refractivity contribution is -0.149. The Kier molecular flexibility index (Phi) is 37.7. The summed E-state index contributed by atoms with van der Waals surface area (Å²) < 4.78 is 0.825. The number of aliphatic hydroxyl groups excluding tert-OH is 2. The van der Waals surface area contributed by atoms with Gasteiger partial charge in [-0.05, 0) is 117 Å². The summed E-state index contributed by atoms with van der Waals surface area (Å²) in [6.07, 6.45) is -0.460. The first-order chi connectivity index (χ1) is 60.0. The smallest absolute Gasteiger partial charge is 0.305 e. The second-order valence-corrected chi connectivity index (χ2v) is 34.0. The number of aliphatic hydroxyl groups is 2. The van der Waals surface area contributed by atoms with Gasteiger partial charge in [0, 0.05) is 99.9 Å². The Morgan fingerprint density at radius 2 is 1.20 bits per heavy atom. The number of H-pyrrole nitrogens is 1. The monoisotopic (exact) mass is 1790 g/mol. The number of phenols is 1. The molecule has 39 nitrogen and oxygen atoms in total. The fourth-order valence-electron chi connectivity index (χ4n) is 15.6. The topological polar surface area (TPSA) is 589 Å². The number of rotatable bonds is 22.